The van der Waals surface area contributed by atoms with Crippen molar-refractivity contribution in [2.24, 2.45) is 0 Å². The molecule has 0 atom stereocenters. The van der Waals surface area contributed by atoms with Crippen LogP contribution in [0.15, 0.2) is 16.7 Å². The van der Waals surface area contributed by atoms with E-state index < -0.39 is 5.97 Å². The molecule has 1 saturated heterocycles. The third kappa shape index (κ3) is 2.50. The van der Waals surface area contributed by atoms with Crippen molar-refractivity contribution in [3.05, 3.63) is 23.7 Å². The third-order valence-corrected chi connectivity index (χ3v) is 3.12. The van der Waals surface area contributed by atoms with Crippen molar-refractivity contribution >= 4 is 5.97 Å². The van der Waals surface area contributed by atoms with E-state index in [4.69, 9.17) is 14.3 Å². The largest absolute Gasteiger partial charge is 0.475 e. The fourth-order valence-corrected chi connectivity index (χ4v) is 2.04. The summed E-state index contributed by atoms with van der Waals surface area (Å²) in [5.41, 5.74) is 0.637. The van der Waals surface area contributed by atoms with Crippen molar-refractivity contribution in [2.75, 3.05) is 19.8 Å². The average Bonchev–Trinajstić information content (AvgIpc) is 2.69. The van der Waals surface area contributed by atoms with Crippen LogP contribution in [0.1, 0.15) is 30.0 Å². The Kier molecular flexibility index (Phi) is 3.22. The second-order valence-electron chi connectivity index (χ2n) is 4.87. The molecule has 5 heteroatoms. The summed E-state index contributed by atoms with van der Waals surface area (Å²) in [5.74, 6) is -0.983. The predicted octanol–water partition coefficient (Wildman–Crippen LogP) is 1.59. The molecular weight excluding hydrogens is 222 g/mol. The van der Waals surface area contributed by atoms with Crippen molar-refractivity contribution in [3.8, 4) is 0 Å². The lowest BCUT2D eigenvalue weighted by Gasteiger charge is -2.42. The summed E-state index contributed by atoms with van der Waals surface area (Å²) in [4.78, 5) is 13.2. The van der Waals surface area contributed by atoms with E-state index in [1.54, 1.807) is 6.07 Å². The maximum atomic E-state index is 10.9. The van der Waals surface area contributed by atoms with Gasteiger partial charge in [0.25, 0.3) is 0 Å². The van der Waals surface area contributed by atoms with Gasteiger partial charge in [0.2, 0.25) is 5.76 Å². The van der Waals surface area contributed by atoms with Crippen molar-refractivity contribution in [1.29, 1.82) is 0 Å². The maximum absolute atomic E-state index is 10.9. The molecule has 0 aromatic carbocycles. The Bertz CT molecular complexity index is 410. The molecule has 2 rings (SSSR count). The summed E-state index contributed by atoms with van der Waals surface area (Å²) in [7, 11) is 0. The molecule has 1 aliphatic heterocycles. The van der Waals surface area contributed by atoms with Gasteiger partial charge in [-0.1, -0.05) is 0 Å². The minimum Gasteiger partial charge on any atom is -0.475 e. The Balaban J connectivity index is 2.14. The zero-order chi connectivity index (χ0) is 12.5. The molecule has 0 radical (unpaired) electrons. The number of nitrogens with zero attached hydrogens (tertiary/aromatic N) is 1. The van der Waals surface area contributed by atoms with E-state index in [0.29, 0.717) is 25.3 Å². The second kappa shape index (κ2) is 4.50. The molecule has 1 aromatic heterocycles. The van der Waals surface area contributed by atoms with E-state index in [-0.39, 0.29) is 11.3 Å². The molecule has 5 nitrogen and oxygen atoms in total. The Morgan fingerprint density at radius 1 is 1.59 bits per heavy atom. The molecule has 0 aliphatic carbocycles. The van der Waals surface area contributed by atoms with Crippen molar-refractivity contribution < 1.29 is 19.1 Å². The van der Waals surface area contributed by atoms with Crippen LogP contribution in [0.4, 0.5) is 0 Å². The number of hydrogen-bond acceptors (Lipinski definition) is 4. The van der Waals surface area contributed by atoms with Gasteiger partial charge in [0.1, 0.15) is 0 Å². The quantitative estimate of drug-likeness (QED) is 0.867. The van der Waals surface area contributed by atoms with Crippen LogP contribution in [0, 0.1) is 0 Å². The van der Waals surface area contributed by atoms with Gasteiger partial charge >= 0.3 is 5.97 Å². The minimum absolute atomic E-state index is 0.0345. The number of carboxylic acids is 1. The van der Waals surface area contributed by atoms with Gasteiger partial charge in [-0.05, 0) is 19.9 Å². The first-order chi connectivity index (χ1) is 8.00. The van der Waals surface area contributed by atoms with Gasteiger partial charge < -0.3 is 14.3 Å². The SMILES string of the molecule is CC1(C)COCCN1Cc1ccoc1C(=O)O. The topological polar surface area (TPSA) is 62.9 Å². The lowest BCUT2D eigenvalue weighted by molar-refractivity contribution is -0.0554. The van der Waals surface area contributed by atoms with E-state index in [1.807, 2.05) is 0 Å². The van der Waals surface area contributed by atoms with Gasteiger partial charge in [-0.2, -0.15) is 0 Å². The molecule has 1 aliphatic rings. The van der Waals surface area contributed by atoms with Crippen LogP contribution in [-0.2, 0) is 11.3 Å². The number of ether oxygens (including phenoxy) is 1. The highest BCUT2D eigenvalue weighted by molar-refractivity contribution is 5.86. The van der Waals surface area contributed by atoms with Crippen molar-refractivity contribution in [2.45, 2.75) is 25.9 Å². The first-order valence-corrected chi connectivity index (χ1v) is 5.63. The predicted molar refractivity (Wildman–Crippen MR) is 61.0 cm³/mol. The molecule has 0 bridgehead atoms. The summed E-state index contributed by atoms with van der Waals surface area (Å²) < 4.78 is 10.4. The van der Waals surface area contributed by atoms with Crippen LogP contribution in [-0.4, -0.2) is 41.3 Å². The first-order valence-electron chi connectivity index (χ1n) is 5.63. The standard InChI is InChI=1S/C12H17NO4/c1-12(2)8-16-6-4-13(12)7-9-3-5-17-10(9)11(14)15/h3,5H,4,6-8H2,1-2H3,(H,14,15). The van der Waals surface area contributed by atoms with E-state index in [2.05, 4.69) is 18.7 Å². The third-order valence-electron chi connectivity index (χ3n) is 3.12. The van der Waals surface area contributed by atoms with Gasteiger partial charge in [0.15, 0.2) is 0 Å². The molecule has 0 saturated carbocycles. The van der Waals surface area contributed by atoms with Crippen LogP contribution in [0.25, 0.3) is 0 Å². The smallest absolute Gasteiger partial charge is 0.372 e. The highest BCUT2D eigenvalue weighted by atomic mass is 16.5. The summed E-state index contributed by atoms with van der Waals surface area (Å²) >= 11 is 0. The summed E-state index contributed by atoms with van der Waals surface area (Å²) in [6.07, 6.45) is 1.42. The van der Waals surface area contributed by atoms with E-state index >= 15 is 0 Å². The summed E-state index contributed by atoms with van der Waals surface area (Å²) in [5, 5.41) is 8.98. The molecule has 1 fully saturated rings. The number of hydrogen-bond donors (Lipinski definition) is 1. The zero-order valence-corrected chi connectivity index (χ0v) is 10.1. The molecule has 0 spiro atoms. The Morgan fingerprint density at radius 2 is 2.35 bits per heavy atom. The molecule has 0 amide bonds. The fraction of sp³-hybridized carbons (Fsp3) is 0.583. The maximum Gasteiger partial charge on any atom is 0.372 e. The van der Waals surface area contributed by atoms with Crippen molar-refractivity contribution in [3.63, 3.8) is 0 Å². The molecule has 1 aromatic rings. The second-order valence-corrected chi connectivity index (χ2v) is 4.87. The number of furan rings is 1. The Hall–Kier alpha value is -1.33. The molecular formula is C12H17NO4. The van der Waals surface area contributed by atoms with Crippen LogP contribution in [0.5, 0.6) is 0 Å². The van der Waals surface area contributed by atoms with Gasteiger partial charge in [0.05, 0.1) is 19.5 Å². The van der Waals surface area contributed by atoms with Gasteiger partial charge in [-0.3, -0.25) is 4.90 Å². The first kappa shape index (κ1) is 12.1. The van der Waals surface area contributed by atoms with E-state index in [1.165, 1.54) is 6.26 Å². The van der Waals surface area contributed by atoms with Gasteiger partial charge in [-0.25, -0.2) is 4.79 Å². The summed E-state index contributed by atoms with van der Waals surface area (Å²) in [6.45, 7) is 6.90. The zero-order valence-electron chi connectivity index (χ0n) is 10.1. The van der Waals surface area contributed by atoms with Crippen LogP contribution in [0.2, 0.25) is 0 Å². The number of rotatable bonds is 3. The molecule has 2 heterocycles. The number of carbonyl (C=O) groups is 1. The average molecular weight is 239 g/mol. The molecule has 17 heavy (non-hydrogen) atoms. The monoisotopic (exact) mass is 239 g/mol. The van der Waals surface area contributed by atoms with Crippen molar-refractivity contribution in [1.82, 2.24) is 4.90 Å². The molecule has 94 valence electrons. The van der Waals surface area contributed by atoms with Gasteiger partial charge in [0, 0.05) is 24.2 Å². The number of morpholine rings is 1. The Morgan fingerprint density at radius 3 is 3.00 bits per heavy atom. The van der Waals surface area contributed by atoms with E-state index in [9.17, 15) is 4.79 Å². The fourth-order valence-electron chi connectivity index (χ4n) is 2.04. The number of carboxylic acid groups (broad SMARTS) is 1. The van der Waals surface area contributed by atoms with E-state index in [0.717, 1.165) is 6.54 Å². The Labute approximate surface area is 100.0 Å². The van der Waals surface area contributed by atoms with Crippen LogP contribution < -0.4 is 0 Å². The normalized spacial score (nSPS) is 20.4. The highest BCUT2D eigenvalue weighted by Gasteiger charge is 2.31. The lowest BCUT2D eigenvalue weighted by Crippen LogP contribution is -2.52. The highest BCUT2D eigenvalue weighted by Crippen LogP contribution is 2.23. The molecule has 1 N–H and O–H groups in total. The lowest BCUT2D eigenvalue weighted by atomic mass is 10.0. The summed E-state index contributed by atoms with van der Waals surface area (Å²) in [6, 6.07) is 1.72. The van der Waals surface area contributed by atoms with Crippen LogP contribution in [0.3, 0.4) is 0 Å². The van der Waals surface area contributed by atoms with Crippen LogP contribution >= 0.6 is 0 Å². The minimum atomic E-state index is -1.02. The number of aromatic carboxylic acids is 1. The molecule has 0 unspecified atom stereocenters. The van der Waals surface area contributed by atoms with Gasteiger partial charge in [-0.15, -0.1) is 0 Å².